The van der Waals surface area contributed by atoms with Crippen molar-refractivity contribution < 1.29 is 4.79 Å². The van der Waals surface area contributed by atoms with Crippen LogP contribution in [0.1, 0.15) is 47.5 Å². The molecule has 3 N–H and O–H groups in total. The van der Waals surface area contributed by atoms with E-state index in [-0.39, 0.29) is 17.9 Å². The minimum Gasteiger partial charge on any atom is -0.368 e. The molecule has 1 aliphatic carbocycles. The van der Waals surface area contributed by atoms with E-state index in [1.54, 1.807) is 0 Å². The largest absolute Gasteiger partial charge is 0.368 e. The first-order valence-electron chi connectivity index (χ1n) is 6.28. The minimum atomic E-state index is -0.230. The fourth-order valence-electron chi connectivity index (χ4n) is 2.95. The topological polar surface area (TPSA) is 55.1 Å². The molecule has 1 rings (SSSR count). The van der Waals surface area contributed by atoms with E-state index in [1.807, 2.05) is 13.8 Å². The van der Waals surface area contributed by atoms with Crippen LogP contribution in [0.5, 0.6) is 0 Å². The van der Waals surface area contributed by atoms with Crippen molar-refractivity contribution in [2.24, 2.45) is 23.0 Å². The van der Waals surface area contributed by atoms with Crippen molar-refractivity contribution in [1.82, 2.24) is 5.32 Å². The molecule has 3 heteroatoms. The first kappa shape index (κ1) is 13.5. The van der Waals surface area contributed by atoms with E-state index in [0.717, 1.165) is 6.42 Å². The Bertz CT molecular complexity index is 261. The highest BCUT2D eigenvalue weighted by Gasteiger charge is 2.38. The van der Waals surface area contributed by atoms with Crippen molar-refractivity contribution in [3.8, 4) is 0 Å². The molecule has 3 nitrogen and oxygen atoms in total. The molecule has 0 saturated heterocycles. The lowest BCUT2D eigenvalue weighted by Gasteiger charge is -2.26. The van der Waals surface area contributed by atoms with Gasteiger partial charge in [-0.05, 0) is 30.1 Å². The molecule has 94 valence electrons. The zero-order chi connectivity index (χ0) is 12.5. The van der Waals surface area contributed by atoms with Gasteiger partial charge in [0.15, 0.2) is 0 Å². The number of rotatable bonds is 4. The van der Waals surface area contributed by atoms with Crippen molar-refractivity contribution in [3.05, 3.63) is 0 Å². The molecule has 16 heavy (non-hydrogen) atoms. The Morgan fingerprint density at radius 2 is 1.94 bits per heavy atom. The highest BCUT2D eigenvalue weighted by molar-refractivity contribution is 5.80. The van der Waals surface area contributed by atoms with E-state index < -0.39 is 0 Å². The van der Waals surface area contributed by atoms with Gasteiger partial charge in [-0.1, -0.05) is 34.6 Å². The van der Waals surface area contributed by atoms with Gasteiger partial charge in [0.05, 0.1) is 6.04 Å². The number of amides is 1. The van der Waals surface area contributed by atoms with Gasteiger partial charge in [0, 0.05) is 6.04 Å². The maximum atomic E-state index is 11.4. The second kappa shape index (κ2) is 4.74. The third-order valence-corrected chi connectivity index (χ3v) is 3.70. The van der Waals surface area contributed by atoms with E-state index in [9.17, 15) is 4.79 Å². The van der Waals surface area contributed by atoms with Crippen LogP contribution >= 0.6 is 0 Å². The van der Waals surface area contributed by atoms with Gasteiger partial charge >= 0.3 is 0 Å². The number of hydrogen-bond acceptors (Lipinski definition) is 2. The van der Waals surface area contributed by atoms with Gasteiger partial charge < -0.3 is 11.1 Å². The second-order valence-electron chi connectivity index (χ2n) is 6.45. The first-order valence-corrected chi connectivity index (χ1v) is 6.28. The number of carbonyl (C=O) groups excluding carboxylic acids is 1. The van der Waals surface area contributed by atoms with Crippen molar-refractivity contribution in [3.63, 3.8) is 0 Å². The summed E-state index contributed by atoms with van der Waals surface area (Å²) in [5, 5.41) is 3.45. The van der Waals surface area contributed by atoms with Gasteiger partial charge in [-0.2, -0.15) is 0 Å². The molecule has 0 aromatic rings. The Morgan fingerprint density at radius 1 is 1.38 bits per heavy atom. The summed E-state index contributed by atoms with van der Waals surface area (Å²) in [6.07, 6.45) is 2.35. The van der Waals surface area contributed by atoms with E-state index in [2.05, 4.69) is 26.1 Å². The molecule has 0 bridgehead atoms. The maximum absolute atomic E-state index is 11.4. The van der Waals surface area contributed by atoms with Crippen LogP contribution in [-0.2, 0) is 4.79 Å². The summed E-state index contributed by atoms with van der Waals surface area (Å²) in [6.45, 7) is 10.9. The zero-order valence-electron chi connectivity index (χ0n) is 11.2. The maximum Gasteiger partial charge on any atom is 0.234 e. The molecule has 0 heterocycles. The Labute approximate surface area is 99.2 Å². The quantitative estimate of drug-likeness (QED) is 0.769. The van der Waals surface area contributed by atoms with Crippen molar-refractivity contribution in [2.45, 2.75) is 59.5 Å². The monoisotopic (exact) mass is 226 g/mol. The van der Waals surface area contributed by atoms with Crippen molar-refractivity contribution in [2.75, 3.05) is 0 Å². The molecular formula is C13H26N2O. The molecule has 1 saturated carbocycles. The third kappa shape index (κ3) is 3.21. The van der Waals surface area contributed by atoms with Crippen LogP contribution in [0, 0.1) is 17.3 Å². The summed E-state index contributed by atoms with van der Waals surface area (Å²) in [6, 6.07) is 0.233. The van der Waals surface area contributed by atoms with Gasteiger partial charge in [0.25, 0.3) is 0 Å². The Kier molecular flexibility index (Phi) is 4.00. The first-order chi connectivity index (χ1) is 7.23. The molecular weight excluding hydrogens is 200 g/mol. The average molecular weight is 226 g/mol. The summed E-state index contributed by atoms with van der Waals surface area (Å²) >= 11 is 0. The summed E-state index contributed by atoms with van der Waals surface area (Å²) < 4.78 is 0. The highest BCUT2D eigenvalue weighted by atomic mass is 16.1. The lowest BCUT2D eigenvalue weighted by Crippen LogP contribution is -2.50. The summed E-state index contributed by atoms with van der Waals surface area (Å²) in [5.41, 5.74) is 5.81. The second-order valence-corrected chi connectivity index (χ2v) is 6.45. The molecule has 0 aliphatic heterocycles. The van der Waals surface area contributed by atoms with Crippen LogP contribution in [0.15, 0.2) is 0 Å². The molecule has 0 radical (unpaired) electrons. The van der Waals surface area contributed by atoms with Gasteiger partial charge in [0.1, 0.15) is 0 Å². The van der Waals surface area contributed by atoms with Gasteiger partial charge in [-0.15, -0.1) is 0 Å². The van der Waals surface area contributed by atoms with Crippen LogP contribution in [0.2, 0.25) is 0 Å². The van der Waals surface area contributed by atoms with Crippen LogP contribution in [0.25, 0.3) is 0 Å². The Hall–Kier alpha value is -0.570. The molecule has 0 aromatic heterocycles. The molecule has 0 aromatic carbocycles. The number of nitrogens with one attached hydrogen (secondary N) is 1. The summed E-state index contributed by atoms with van der Waals surface area (Å²) in [7, 11) is 0. The van der Waals surface area contributed by atoms with Crippen LogP contribution < -0.4 is 11.1 Å². The van der Waals surface area contributed by atoms with Crippen LogP contribution in [0.4, 0.5) is 0 Å². The van der Waals surface area contributed by atoms with Crippen LogP contribution in [0.3, 0.4) is 0 Å². The van der Waals surface area contributed by atoms with Crippen LogP contribution in [-0.4, -0.2) is 18.0 Å². The lowest BCUT2D eigenvalue weighted by atomic mass is 9.91. The highest BCUT2D eigenvalue weighted by Crippen LogP contribution is 2.41. The molecule has 3 atom stereocenters. The normalized spacial score (nSPS) is 30.6. The Balaban J connectivity index is 2.63. The smallest absolute Gasteiger partial charge is 0.234 e. The predicted octanol–water partition coefficient (Wildman–Crippen LogP) is 1.91. The number of nitrogens with two attached hydrogens (primary N) is 1. The zero-order valence-corrected chi connectivity index (χ0v) is 11.2. The summed E-state index contributed by atoms with van der Waals surface area (Å²) in [5.74, 6) is 0.649. The number of hydrogen-bond donors (Lipinski definition) is 2. The molecule has 1 aliphatic rings. The minimum absolute atomic E-state index is 0.193. The SMILES string of the molecule is CC(C)C(NC1CC(C)(C)CC1C)C(N)=O. The fourth-order valence-corrected chi connectivity index (χ4v) is 2.95. The lowest BCUT2D eigenvalue weighted by molar-refractivity contribution is -0.121. The molecule has 1 fully saturated rings. The van der Waals surface area contributed by atoms with Gasteiger partial charge in [-0.25, -0.2) is 0 Å². The average Bonchev–Trinajstić information content (AvgIpc) is 2.34. The van der Waals surface area contributed by atoms with E-state index in [0.29, 0.717) is 17.4 Å². The van der Waals surface area contributed by atoms with E-state index in [4.69, 9.17) is 5.73 Å². The summed E-state index contributed by atoms with van der Waals surface area (Å²) in [4.78, 5) is 11.4. The fraction of sp³-hybridized carbons (Fsp3) is 0.923. The standard InChI is InChI=1S/C13H26N2O/c1-8(2)11(12(14)16)15-10-7-13(4,5)6-9(10)3/h8-11,15H,6-7H2,1-5H3,(H2,14,16). The predicted molar refractivity (Wildman–Crippen MR) is 66.9 cm³/mol. The van der Waals surface area contributed by atoms with Crippen molar-refractivity contribution in [1.29, 1.82) is 0 Å². The molecule has 3 unspecified atom stereocenters. The third-order valence-electron chi connectivity index (χ3n) is 3.70. The van der Waals surface area contributed by atoms with Gasteiger partial charge in [-0.3, -0.25) is 4.79 Å². The van der Waals surface area contributed by atoms with E-state index in [1.165, 1.54) is 6.42 Å². The number of carbonyl (C=O) groups is 1. The molecule has 0 spiro atoms. The van der Waals surface area contributed by atoms with E-state index >= 15 is 0 Å². The molecule has 1 amide bonds. The van der Waals surface area contributed by atoms with Gasteiger partial charge in [0.2, 0.25) is 5.91 Å². The Morgan fingerprint density at radius 3 is 2.25 bits per heavy atom. The number of primary amides is 1. The van der Waals surface area contributed by atoms with Crippen molar-refractivity contribution >= 4 is 5.91 Å².